The molecule has 6 heteroatoms. The SMILES string of the molecule is CN(C)Cc1cc(B2OC(C)(C)C(C)(C)O2)c(Cl)cn1. The molecule has 2 rings (SSSR count). The van der Waals surface area contributed by atoms with Gasteiger partial charge in [0, 0.05) is 18.2 Å². The van der Waals surface area contributed by atoms with Crippen molar-refractivity contribution in [3.8, 4) is 0 Å². The Kier molecular flexibility index (Phi) is 4.18. The van der Waals surface area contributed by atoms with Crippen molar-refractivity contribution < 1.29 is 9.31 Å². The molecule has 0 atom stereocenters. The number of pyridine rings is 1. The van der Waals surface area contributed by atoms with Gasteiger partial charge in [-0.1, -0.05) is 11.6 Å². The third-order valence-corrected chi connectivity index (χ3v) is 4.24. The summed E-state index contributed by atoms with van der Waals surface area (Å²) in [5, 5.41) is 0.575. The van der Waals surface area contributed by atoms with E-state index >= 15 is 0 Å². The van der Waals surface area contributed by atoms with Gasteiger partial charge in [0.25, 0.3) is 0 Å². The second-order valence-corrected chi connectivity index (χ2v) is 6.93. The van der Waals surface area contributed by atoms with Crippen LogP contribution in [0, 0.1) is 0 Å². The summed E-state index contributed by atoms with van der Waals surface area (Å²) in [7, 11) is 3.56. The zero-order chi connectivity index (χ0) is 15.1. The molecule has 0 bridgehead atoms. The average Bonchev–Trinajstić information content (AvgIpc) is 2.50. The molecule has 1 aliphatic rings. The molecule has 20 heavy (non-hydrogen) atoms. The van der Waals surface area contributed by atoms with E-state index in [-0.39, 0.29) is 11.2 Å². The second-order valence-electron chi connectivity index (χ2n) is 6.52. The van der Waals surface area contributed by atoms with Crippen LogP contribution in [0.15, 0.2) is 12.3 Å². The third kappa shape index (κ3) is 3.01. The lowest BCUT2D eigenvalue weighted by molar-refractivity contribution is 0.00578. The van der Waals surface area contributed by atoms with Gasteiger partial charge in [0.2, 0.25) is 0 Å². The van der Waals surface area contributed by atoms with E-state index < -0.39 is 7.12 Å². The Bertz CT molecular complexity index is 490. The first-order chi connectivity index (χ1) is 9.12. The number of aromatic nitrogens is 1. The summed E-state index contributed by atoms with van der Waals surface area (Å²) in [5.41, 5.74) is 1.05. The van der Waals surface area contributed by atoms with E-state index in [1.165, 1.54) is 0 Å². The Labute approximate surface area is 126 Å². The Morgan fingerprint density at radius 3 is 2.25 bits per heavy atom. The molecule has 0 radical (unpaired) electrons. The molecule has 1 aliphatic heterocycles. The van der Waals surface area contributed by atoms with Crippen molar-refractivity contribution >= 4 is 24.2 Å². The fraction of sp³-hybridized carbons (Fsp3) is 0.643. The van der Waals surface area contributed by atoms with Crippen LogP contribution in [0.2, 0.25) is 5.02 Å². The lowest BCUT2D eigenvalue weighted by Gasteiger charge is -2.32. The maximum atomic E-state index is 6.26. The van der Waals surface area contributed by atoms with E-state index in [4.69, 9.17) is 20.9 Å². The summed E-state index contributed by atoms with van der Waals surface area (Å²) in [6.07, 6.45) is 1.67. The van der Waals surface area contributed by atoms with Gasteiger partial charge in [-0.25, -0.2) is 0 Å². The van der Waals surface area contributed by atoms with Crippen LogP contribution in [0.1, 0.15) is 33.4 Å². The summed E-state index contributed by atoms with van der Waals surface area (Å²) in [4.78, 5) is 6.40. The van der Waals surface area contributed by atoms with E-state index in [1.54, 1.807) is 6.20 Å². The third-order valence-electron chi connectivity index (χ3n) is 3.93. The smallest absolute Gasteiger partial charge is 0.399 e. The highest BCUT2D eigenvalue weighted by Crippen LogP contribution is 2.36. The molecule has 0 unspecified atom stereocenters. The molecular weight excluding hydrogens is 274 g/mol. The van der Waals surface area contributed by atoms with E-state index in [0.29, 0.717) is 5.02 Å². The fourth-order valence-corrected chi connectivity index (χ4v) is 2.25. The Hall–Kier alpha value is -0.615. The van der Waals surface area contributed by atoms with Crippen molar-refractivity contribution in [3.63, 3.8) is 0 Å². The minimum Gasteiger partial charge on any atom is -0.399 e. The van der Waals surface area contributed by atoms with Crippen LogP contribution < -0.4 is 5.46 Å². The van der Waals surface area contributed by atoms with Crippen molar-refractivity contribution in [1.29, 1.82) is 0 Å². The van der Waals surface area contributed by atoms with E-state index in [0.717, 1.165) is 17.7 Å². The summed E-state index contributed by atoms with van der Waals surface area (Å²) in [5.74, 6) is 0. The van der Waals surface area contributed by atoms with Crippen LogP contribution in [-0.2, 0) is 15.9 Å². The molecule has 0 amide bonds. The van der Waals surface area contributed by atoms with Crippen molar-refractivity contribution in [2.75, 3.05) is 14.1 Å². The van der Waals surface area contributed by atoms with Crippen molar-refractivity contribution in [3.05, 3.63) is 23.0 Å². The van der Waals surface area contributed by atoms with E-state index in [1.807, 2.05) is 47.9 Å². The maximum Gasteiger partial charge on any atom is 0.496 e. The number of hydrogen-bond donors (Lipinski definition) is 0. The number of halogens is 1. The highest BCUT2D eigenvalue weighted by atomic mass is 35.5. The van der Waals surface area contributed by atoms with Gasteiger partial charge in [-0.2, -0.15) is 0 Å². The normalized spacial score (nSPS) is 20.7. The molecule has 4 nitrogen and oxygen atoms in total. The van der Waals surface area contributed by atoms with Crippen molar-refractivity contribution in [1.82, 2.24) is 9.88 Å². The molecule has 0 aliphatic carbocycles. The predicted octanol–water partition coefficient (Wildman–Crippen LogP) is 2.10. The Morgan fingerprint density at radius 2 is 1.75 bits per heavy atom. The first kappa shape index (κ1) is 15.8. The Morgan fingerprint density at radius 1 is 1.20 bits per heavy atom. The Balaban J connectivity index is 2.30. The van der Waals surface area contributed by atoms with Gasteiger partial charge in [-0.3, -0.25) is 4.98 Å². The standard InChI is InChI=1S/C14H22BClN2O2/c1-13(2)14(3,4)20-15(19-13)11-7-10(9-18(5)6)17-8-12(11)16/h7-8H,9H2,1-6H3. The molecule has 0 spiro atoms. The number of hydrogen-bond acceptors (Lipinski definition) is 4. The zero-order valence-corrected chi connectivity index (χ0v) is 13.8. The molecule has 1 fully saturated rings. The highest BCUT2D eigenvalue weighted by molar-refractivity contribution is 6.65. The van der Waals surface area contributed by atoms with Gasteiger partial charge in [0.1, 0.15) is 0 Å². The molecule has 2 heterocycles. The largest absolute Gasteiger partial charge is 0.496 e. The van der Waals surface area contributed by atoms with E-state index in [2.05, 4.69) is 9.88 Å². The number of nitrogens with zero attached hydrogens (tertiary/aromatic N) is 2. The van der Waals surface area contributed by atoms with Crippen LogP contribution >= 0.6 is 11.6 Å². The second kappa shape index (κ2) is 5.30. The van der Waals surface area contributed by atoms with Crippen LogP contribution in [-0.4, -0.2) is 42.3 Å². The van der Waals surface area contributed by atoms with Gasteiger partial charge in [-0.15, -0.1) is 0 Å². The first-order valence-corrected chi connectivity index (χ1v) is 7.15. The van der Waals surface area contributed by atoms with Crippen molar-refractivity contribution in [2.24, 2.45) is 0 Å². The molecule has 0 saturated carbocycles. The summed E-state index contributed by atoms with van der Waals surface area (Å²) in [6, 6.07) is 1.96. The van der Waals surface area contributed by atoms with Crippen LogP contribution in [0.4, 0.5) is 0 Å². The maximum absolute atomic E-state index is 6.26. The first-order valence-electron chi connectivity index (χ1n) is 6.77. The minimum atomic E-state index is -0.448. The van der Waals surface area contributed by atoms with Gasteiger partial charge in [0.05, 0.1) is 21.9 Å². The van der Waals surface area contributed by atoms with Crippen LogP contribution in [0.3, 0.4) is 0 Å². The zero-order valence-electron chi connectivity index (χ0n) is 13.0. The summed E-state index contributed by atoms with van der Waals surface area (Å²) >= 11 is 6.26. The quantitative estimate of drug-likeness (QED) is 0.800. The van der Waals surface area contributed by atoms with Crippen LogP contribution in [0.25, 0.3) is 0 Å². The highest BCUT2D eigenvalue weighted by Gasteiger charge is 2.52. The monoisotopic (exact) mass is 296 g/mol. The molecule has 1 aromatic heterocycles. The molecular formula is C14H22BClN2O2. The molecule has 0 aromatic carbocycles. The minimum absolute atomic E-state index is 0.369. The van der Waals surface area contributed by atoms with E-state index in [9.17, 15) is 0 Å². The lowest BCUT2D eigenvalue weighted by Crippen LogP contribution is -2.41. The average molecular weight is 297 g/mol. The summed E-state index contributed by atoms with van der Waals surface area (Å²) < 4.78 is 12.1. The van der Waals surface area contributed by atoms with Gasteiger partial charge in [-0.05, 0) is 47.9 Å². The van der Waals surface area contributed by atoms with Gasteiger partial charge < -0.3 is 14.2 Å². The molecule has 1 saturated heterocycles. The topological polar surface area (TPSA) is 34.6 Å². The summed E-state index contributed by atoms with van der Waals surface area (Å²) in [6.45, 7) is 8.88. The van der Waals surface area contributed by atoms with Crippen LogP contribution in [0.5, 0.6) is 0 Å². The lowest BCUT2D eigenvalue weighted by atomic mass is 9.79. The predicted molar refractivity (Wildman–Crippen MR) is 82.4 cm³/mol. The number of rotatable bonds is 3. The fourth-order valence-electron chi connectivity index (χ4n) is 2.06. The molecule has 110 valence electrons. The molecule has 0 N–H and O–H groups in total. The van der Waals surface area contributed by atoms with Crippen molar-refractivity contribution in [2.45, 2.75) is 45.4 Å². The van der Waals surface area contributed by atoms with Gasteiger partial charge in [0.15, 0.2) is 0 Å². The van der Waals surface area contributed by atoms with Gasteiger partial charge >= 0.3 is 7.12 Å². The molecule has 1 aromatic rings.